The van der Waals surface area contributed by atoms with Gasteiger partial charge in [0.1, 0.15) is 5.82 Å². The Labute approximate surface area is 88.0 Å². The summed E-state index contributed by atoms with van der Waals surface area (Å²) in [5.74, 6) is -1.08. The molecule has 3 nitrogen and oxygen atoms in total. The van der Waals surface area contributed by atoms with E-state index >= 15 is 0 Å². The molecule has 0 amide bonds. The molecule has 0 radical (unpaired) electrons. The summed E-state index contributed by atoms with van der Waals surface area (Å²) in [6.07, 6.45) is 0.540. The first-order valence-electron chi connectivity index (χ1n) is 4.80. The van der Waals surface area contributed by atoms with E-state index in [1.807, 2.05) is 6.92 Å². The summed E-state index contributed by atoms with van der Waals surface area (Å²) in [6.45, 7) is 3.68. The van der Waals surface area contributed by atoms with Crippen molar-refractivity contribution < 1.29 is 13.9 Å². The summed E-state index contributed by atoms with van der Waals surface area (Å²) >= 11 is 0. The Morgan fingerprint density at radius 2 is 2.20 bits per heavy atom. The van der Waals surface area contributed by atoms with Crippen LogP contribution in [0.2, 0.25) is 0 Å². The molecular formula is C11H14FNO2. The fourth-order valence-electron chi connectivity index (χ4n) is 1.06. The monoisotopic (exact) mass is 211 g/mol. The van der Waals surface area contributed by atoms with Crippen molar-refractivity contribution in [2.45, 2.75) is 26.4 Å². The van der Waals surface area contributed by atoms with Crippen LogP contribution in [0.25, 0.3) is 0 Å². The first-order chi connectivity index (χ1) is 7.02. The molecule has 1 aromatic carbocycles. The van der Waals surface area contributed by atoms with Crippen molar-refractivity contribution in [2.75, 3.05) is 5.73 Å². The van der Waals surface area contributed by atoms with Gasteiger partial charge in [0, 0.05) is 5.69 Å². The number of halogens is 1. The summed E-state index contributed by atoms with van der Waals surface area (Å²) in [7, 11) is 0. The molecule has 0 spiro atoms. The van der Waals surface area contributed by atoms with E-state index < -0.39 is 11.8 Å². The van der Waals surface area contributed by atoms with Crippen LogP contribution in [-0.4, -0.2) is 12.1 Å². The molecule has 0 saturated heterocycles. The summed E-state index contributed by atoms with van der Waals surface area (Å²) in [6, 6.07) is 3.66. The zero-order valence-electron chi connectivity index (χ0n) is 8.79. The molecule has 0 bridgehead atoms. The highest BCUT2D eigenvalue weighted by Gasteiger charge is 2.12. The molecule has 1 rings (SSSR count). The molecule has 0 saturated carbocycles. The number of carbonyl (C=O) groups excluding carboxylic acids is 1. The van der Waals surface area contributed by atoms with Crippen molar-refractivity contribution in [2.24, 2.45) is 0 Å². The number of nitrogens with two attached hydrogens (primary N) is 1. The number of hydrogen-bond donors (Lipinski definition) is 1. The fourth-order valence-corrected chi connectivity index (χ4v) is 1.06. The van der Waals surface area contributed by atoms with Gasteiger partial charge in [-0.2, -0.15) is 0 Å². The normalized spacial score (nSPS) is 12.2. The van der Waals surface area contributed by atoms with E-state index in [-0.39, 0.29) is 17.4 Å². The Balaban J connectivity index is 2.82. The van der Waals surface area contributed by atoms with Crippen LogP contribution in [0.3, 0.4) is 0 Å². The smallest absolute Gasteiger partial charge is 0.338 e. The Morgan fingerprint density at radius 1 is 1.53 bits per heavy atom. The molecule has 15 heavy (non-hydrogen) atoms. The maximum atomic E-state index is 12.9. The molecule has 0 heterocycles. The third kappa shape index (κ3) is 3.23. The Bertz CT molecular complexity index is 345. The number of esters is 1. The van der Waals surface area contributed by atoms with Gasteiger partial charge in [0.15, 0.2) is 0 Å². The number of anilines is 1. The van der Waals surface area contributed by atoms with E-state index in [0.717, 1.165) is 18.6 Å². The number of hydrogen-bond acceptors (Lipinski definition) is 3. The lowest BCUT2D eigenvalue weighted by atomic mass is 10.2. The van der Waals surface area contributed by atoms with E-state index in [0.29, 0.717) is 0 Å². The zero-order chi connectivity index (χ0) is 11.4. The highest BCUT2D eigenvalue weighted by Crippen LogP contribution is 2.13. The lowest BCUT2D eigenvalue weighted by Crippen LogP contribution is -2.14. The molecular weight excluding hydrogens is 197 g/mol. The van der Waals surface area contributed by atoms with Crippen LogP contribution in [0.15, 0.2) is 18.2 Å². The number of rotatable bonds is 3. The summed E-state index contributed by atoms with van der Waals surface area (Å²) in [5.41, 5.74) is 5.77. The van der Waals surface area contributed by atoms with Crippen LogP contribution >= 0.6 is 0 Å². The number of nitrogen functional groups attached to an aromatic ring is 1. The van der Waals surface area contributed by atoms with Crippen LogP contribution in [0.1, 0.15) is 30.6 Å². The molecule has 2 N–H and O–H groups in total. The van der Waals surface area contributed by atoms with Gasteiger partial charge < -0.3 is 10.5 Å². The molecule has 0 fully saturated rings. The molecule has 82 valence electrons. The van der Waals surface area contributed by atoms with Gasteiger partial charge in [-0.05, 0) is 31.5 Å². The topological polar surface area (TPSA) is 52.3 Å². The molecule has 0 aromatic heterocycles. The third-order valence-electron chi connectivity index (χ3n) is 2.04. The molecule has 0 aliphatic carbocycles. The van der Waals surface area contributed by atoms with E-state index in [2.05, 4.69) is 0 Å². The number of carbonyl (C=O) groups is 1. The largest absolute Gasteiger partial charge is 0.459 e. The van der Waals surface area contributed by atoms with Crippen molar-refractivity contribution in [3.05, 3.63) is 29.6 Å². The minimum Gasteiger partial charge on any atom is -0.459 e. The Hall–Kier alpha value is -1.58. The van der Waals surface area contributed by atoms with Gasteiger partial charge in [-0.3, -0.25) is 0 Å². The average Bonchev–Trinajstić information content (AvgIpc) is 2.16. The predicted molar refractivity (Wildman–Crippen MR) is 56.0 cm³/mol. The number of ether oxygens (including phenoxy) is 1. The molecule has 1 unspecified atom stereocenters. The van der Waals surface area contributed by atoms with Crippen LogP contribution in [-0.2, 0) is 4.74 Å². The molecule has 1 atom stereocenters. The summed E-state index contributed by atoms with van der Waals surface area (Å²) < 4.78 is 18.0. The highest BCUT2D eigenvalue weighted by atomic mass is 19.1. The quantitative estimate of drug-likeness (QED) is 0.616. The third-order valence-corrected chi connectivity index (χ3v) is 2.04. The fraction of sp³-hybridized carbons (Fsp3) is 0.364. The maximum Gasteiger partial charge on any atom is 0.338 e. The van der Waals surface area contributed by atoms with Gasteiger partial charge in [-0.15, -0.1) is 0 Å². The SMILES string of the molecule is CCC(C)OC(=O)c1cc(N)cc(F)c1. The molecule has 0 aliphatic heterocycles. The maximum absolute atomic E-state index is 12.9. The van der Waals surface area contributed by atoms with E-state index in [1.165, 1.54) is 6.07 Å². The Kier molecular flexibility index (Phi) is 3.66. The van der Waals surface area contributed by atoms with Crippen molar-refractivity contribution in [1.82, 2.24) is 0 Å². The van der Waals surface area contributed by atoms with Gasteiger partial charge in [-0.25, -0.2) is 9.18 Å². The van der Waals surface area contributed by atoms with Gasteiger partial charge in [0.2, 0.25) is 0 Å². The van der Waals surface area contributed by atoms with Gasteiger partial charge in [0.25, 0.3) is 0 Å². The van der Waals surface area contributed by atoms with E-state index in [9.17, 15) is 9.18 Å². The number of benzene rings is 1. The highest BCUT2D eigenvalue weighted by molar-refractivity contribution is 5.90. The van der Waals surface area contributed by atoms with Crippen LogP contribution < -0.4 is 5.73 Å². The zero-order valence-corrected chi connectivity index (χ0v) is 8.79. The van der Waals surface area contributed by atoms with Crippen molar-refractivity contribution in [3.8, 4) is 0 Å². The van der Waals surface area contributed by atoms with Crippen molar-refractivity contribution in [3.63, 3.8) is 0 Å². The van der Waals surface area contributed by atoms with E-state index in [1.54, 1.807) is 6.92 Å². The lowest BCUT2D eigenvalue weighted by molar-refractivity contribution is 0.0334. The van der Waals surface area contributed by atoms with Crippen molar-refractivity contribution in [1.29, 1.82) is 0 Å². The Morgan fingerprint density at radius 3 is 2.73 bits per heavy atom. The lowest BCUT2D eigenvalue weighted by Gasteiger charge is -2.10. The van der Waals surface area contributed by atoms with Gasteiger partial charge in [-0.1, -0.05) is 6.92 Å². The van der Waals surface area contributed by atoms with Gasteiger partial charge >= 0.3 is 5.97 Å². The second kappa shape index (κ2) is 4.77. The van der Waals surface area contributed by atoms with Crippen LogP contribution in [0.5, 0.6) is 0 Å². The average molecular weight is 211 g/mol. The molecule has 1 aromatic rings. The minimum absolute atomic E-state index is 0.146. The molecule has 4 heteroatoms. The summed E-state index contributed by atoms with van der Waals surface area (Å²) in [4.78, 5) is 11.5. The summed E-state index contributed by atoms with van der Waals surface area (Å²) in [5, 5.41) is 0. The second-order valence-electron chi connectivity index (χ2n) is 3.40. The first-order valence-corrected chi connectivity index (χ1v) is 4.80. The second-order valence-corrected chi connectivity index (χ2v) is 3.40. The standard InChI is InChI=1S/C11H14FNO2/c1-3-7(2)15-11(14)8-4-9(12)6-10(13)5-8/h4-7H,3,13H2,1-2H3. The van der Waals surface area contributed by atoms with Crippen LogP contribution in [0, 0.1) is 5.82 Å². The van der Waals surface area contributed by atoms with Gasteiger partial charge in [0.05, 0.1) is 11.7 Å². The minimum atomic E-state index is -0.546. The van der Waals surface area contributed by atoms with Crippen molar-refractivity contribution >= 4 is 11.7 Å². The van der Waals surface area contributed by atoms with Crippen LogP contribution in [0.4, 0.5) is 10.1 Å². The molecule has 0 aliphatic rings. The predicted octanol–water partition coefficient (Wildman–Crippen LogP) is 2.36. The first kappa shape index (κ1) is 11.5. The van der Waals surface area contributed by atoms with E-state index in [4.69, 9.17) is 10.5 Å².